The van der Waals surface area contributed by atoms with Crippen molar-refractivity contribution in [3.63, 3.8) is 0 Å². The Morgan fingerprint density at radius 1 is 0.676 bits per heavy atom. The molecule has 0 N–H and O–H groups in total. The first-order chi connectivity index (χ1) is 16.4. The number of carbonyl (C=O) groups is 1. The predicted molar refractivity (Wildman–Crippen MR) is 137 cm³/mol. The number of benzene rings is 2. The Morgan fingerprint density at radius 2 is 1.32 bits per heavy atom. The van der Waals surface area contributed by atoms with E-state index in [2.05, 4.69) is 68.7 Å². The Morgan fingerprint density at radius 3 is 2.00 bits per heavy atom. The molecule has 3 nitrogen and oxygen atoms in total. The number of aryl methyl sites for hydroxylation is 4. The van der Waals surface area contributed by atoms with Gasteiger partial charge in [0.15, 0.2) is 5.78 Å². The van der Waals surface area contributed by atoms with Gasteiger partial charge in [-0.15, -0.1) is 0 Å². The van der Waals surface area contributed by atoms with E-state index in [1.165, 1.54) is 33.0 Å². The van der Waals surface area contributed by atoms with Crippen molar-refractivity contribution in [2.24, 2.45) is 0 Å². The van der Waals surface area contributed by atoms with Crippen molar-refractivity contribution in [3.05, 3.63) is 100 Å². The number of hydrogen-bond donors (Lipinski definition) is 0. The maximum atomic E-state index is 13.5. The summed E-state index contributed by atoms with van der Waals surface area (Å²) < 4.78 is 8.76. The van der Waals surface area contributed by atoms with E-state index in [1.807, 2.05) is 30.3 Å². The van der Waals surface area contributed by atoms with Gasteiger partial charge in [-0.3, -0.25) is 9.36 Å². The number of hydrogen-bond acceptors (Lipinski definition) is 2. The van der Waals surface area contributed by atoms with Crippen molar-refractivity contribution in [3.8, 4) is 28.3 Å². The molecule has 0 atom stereocenters. The Balaban J connectivity index is 1.56. The lowest BCUT2D eigenvalue weighted by Gasteiger charge is -2.09. The van der Waals surface area contributed by atoms with E-state index in [-0.39, 0.29) is 5.78 Å². The van der Waals surface area contributed by atoms with Gasteiger partial charge in [-0.1, -0.05) is 53.6 Å². The van der Waals surface area contributed by atoms with Crippen molar-refractivity contribution in [2.45, 2.75) is 27.7 Å². The zero-order valence-corrected chi connectivity index (χ0v) is 19.6. The fourth-order valence-corrected chi connectivity index (χ4v) is 5.96. The zero-order chi connectivity index (χ0) is 23.3. The first-order valence-electron chi connectivity index (χ1n) is 11.7. The molecule has 0 radical (unpaired) electrons. The van der Waals surface area contributed by atoms with Crippen LogP contribution in [0.4, 0.5) is 0 Å². The molecule has 2 aromatic heterocycles. The lowest BCUT2D eigenvalue weighted by Crippen LogP contribution is -1.98. The molecule has 4 aromatic rings. The van der Waals surface area contributed by atoms with Gasteiger partial charge in [0.25, 0.3) is 0 Å². The molecule has 3 heteroatoms. The van der Waals surface area contributed by atoms with Gasteiger partial charge < -0.3 is 4.42 Å². The van der Waals surface area contributed by atoms with E-state index in [0.717, 1.165) is 33.3 Å². The second-order valence-corrected chi connectivity index (χ2v) is 9.66. The third-order valence-electron chi connectivity index (χ3n) is 7.19. The summed E-state index contributed by atoms with van der Waals surface area (Å²) in [7, 11) is 0. The van der Waals surface area contributed by atoms with Crippen LogP contribution in [0, 0.1) is 27.7 Å². The topological polar surface area (TPSA) is 35.1 Å². The first-order valence-corrected chi connectivity index (χ1v) is 11.7. The molecule has 0 saturated carbocycles. The summed E-state index contributed by atoms with van der Waals surface area (Å²) in [6.07, 6.45) is 0. The standard InChI is InChI=1S/C31H23NO2/c1-16-10-18(3)28-22(12-16)23-13-17(2)11-19(4)29(23)32(28)26-15-25-30(33)27-21-9-7-5-6-8-20(21)14-24(27)31(25)34-26/h5-15H,1-4H3. The van der Waals surface area contributed by atoms with Gasteiger partial charge in [0.2, 0.25) is 5.88 Å². The van der Waals surface area contributed by atoms with Crippen LogP contribution in [0.5, 0.6) is 0 Å². The summed E-state index contributed by atoms with van der Waals surface area (Å²) in [5, 5.41) is 2.43. The van der Waals surface area contributed by atoms with Gasteiger partial charge in [0.05, 0.1) is 16.6 Å². The number of fused-ring (bicyclic) bond motifs is 8. The minimum Gasteiger partial charge on any atom is -0.439 e. The van der Waals surface area contributed by atoms with Crippen LogP contribution < -0.4 is 0 Å². The Kier molecular flexibility index (Phi) is 3.69. The summed E-state index contributed by atoms with van der Waals surface area (Å²) in [5.41, 5.74) is 11.5. The van der Waals surface area contributed by atoms with E-state index >= 15 is 0 Å². The van der Waals surface area contributed by atoms with E-state index in [0.29, 0.717) is 17.2 Å². The van der Waals surface area contributed by atoms with Crippen LogP contribution in [0.25, 0.3) is 50.1 Å². The second kappa shape index (κ2) is 6.48. The molecule has 0 aliphatic heterocycles. The van der Waals surface area contributed by atoms with Crippen LogP contribution in [-0.4, -0.2) is 10.4 Å². The largest absolute Gasteiger partial charge is 0.439 e. The van der Waals surface area contributed by atoms with E-state index < -0.39 is 0 Å². The van der Waals surface area contributed by atoms with E-state index in [1.54, 1.807) is 0 Å². The van der Waals surface area contributed by atoms with Crippen LogP contribution in [-0.2, 0) is 0 Å². The molecule has 0 unspecified atom stereocenters. The third kappa shape index (κ3) is 2.39. The highest BCUT2D eigenvalue weighted by Crippen LogP contribution is 2.48. The fraction of sp³-hybridized carbons (Fsp3) is 0.129. The number of furan rings is 1. The van der Waals surface area contributed by atoms with Crippen molar-refractivity contribution in [2.75, 3.05) is 0 Å². The minimum absolute atomic E-state index is 0.0436. The molecule has 0 fully saturated rings. The SMILES string of the molecule is Cc1cc(C)c2c(c1)c1cc(C)cc(C)c1n2-c1cc2c(o1)-c1cc3cccccc-3c1C2=O. The number of carbonyl (C=O) groups excluding carboxylic acids is 1. The first kappa shape index (κ1) is 19.4. The second-order valence-electron chi connectivity index (χ2n) is 9.66. The molecule has 34 heavy (non-hydrogen) atoms. The number of rotatable bonds is 1. The van der Waals surface area contributed by atoms with E-state index in [4.69, 9.17) is 4.42 Å². The van der Waals surface area contributed by atoms with Gasteiger partial charge in [-0.25, -0.2) is 0 Å². The molecule has 0 spiro atoms. The summed E-state index contributed by atoms with van der Waals surface area (Å²) in [5.74, 6) is 1.42. The van der Waals surface area contributed by atoms with Crippen LogP contribution >= 0.6 is 0 Å². The molecule has 3 aliphatic carbocycles. The van der Waals surface area contributed by atoms with Crippen LogP contribution in [0.15, 0.2) is 71.1 Å². The van der Waals surface area contributed by atoms with Gasteiger partial charge in [0.1, 0.15) is 5.76 Å². The normalized spacial score (nSPS) is 12.8. The molecule has 0 amide bonds. The van der Waals surface area contributed by atoms with Crippen molar-refractivity contribution < 1.29 is 9.21 Å². The highest BCUT2D eigenvalue weighted by molar-refractivity contribution is 6.25. The number of aromatic nitrogens is 1. The molecule has 164 valence electrons. The summed E-state index contributed by atoms with van der Waals surface area (Å²) in [6, 6.07) is 23.0. The summed E-state index contributed by atoms with van der Waals surface area (Å²) in [4.78, 5) is 13.5. The van der Waals surface area contributed by atoms with Gasteiger partial charge in [0, 0.05) is 28.0 Å². The highest BCUT2D eigenvalue weighted by Gasteiger charge is 2.36. The van der Waals surface area contributed by atoms with Gasteiger partial charge >= 0.3 is 0 Å². The molecule has 0 saturated heterocycles. The molecular weight excluding hydrogens is 418 g/mol. The number of ketones is 1. The monoisotopic (exact) mass is 441 g/mol. The Hall–Kier alpha value is -4.11. The van der Waals surface area contributed by atoms with Crippen molar-refractivity contribution >= 4 is 27.6 Å². The van der Waals surface area contributed by atoms with Crippen molar-refractivity contribution in [1.82, 2.24) is 4.57 Å². The van der Waals surface area contributed by atoms with Crippen LogP contribution in [0.3, 0.4) is 0 Å². The van der Waals surface area contributed by atoms with Gasteiger partial charge in [-0.2, -0.15) is 0 Å². The maximum absolute atomic E-state index is 13.5. The minimum atomic E-state index is 0.0436. The smallest absolute Gasteiger partial charge is 0.206 e. The molecule has 2 heterocycles. The molecule has 0 bridgehead atoms. The average molecular weight is 442 g/mol. The number of nitrogens with zero attached hydrogens (tertiary/aromatic N) is 1. The third-order valence-corrected chi connectivity index (χ3v) is 7.19. The fourth-order valence-electron chi connectivity index (χ4n) is 5.96. The maximum Gasteiger partial charge on any atom is 0.206 e. The zero-order valence-electron chi connectivity index (χ0n) is 19.6. The predicted octanol–water partition coefficient (Wildman–Crippen LogP) is 7.93. The van der Waals surface area contributed by atoms with Crippen LogP contribution in [0.1, 0.15) is 38.2 Å². The van der Waals surface area contributed by atoms with Crippen LogP contribution in [0.2, 0.25) is 0 Å². The van der Waals surface area contributed by atoms with E-state index in [9.17, 15) is 4.79 Å². The lowest BCUT2D eigenvalue weighted by molar-refractivity contribution is 0.104. The Labute approximate surface area is 197 Å². The van der Waals surface area contributed by atoms with Crippen molar-refractivity contribution in [1.29, 1.82) is 0 Å². The molecule has 2 aromatic carbocycles. The summed E-state index contributed by atoms with van der Waals surface area (Å²) in [6.45, 7) is 8.58. The molecule has 7 rings (SSSR count). The average Bonchev–Trinajstić information content (AvgIpc) is 3.46. The Bertz CT molecular complexity index is 1750. The molecule has 3 aliphatic rings. The molecular formula is C31H23NO2. The quantitative estimate of drug-likeness (QED) is 0.259. The van der Waals surface area contributed by atoms with Gasteiger partial charge in [-0.05, 0) is 68.1 Å². The lowest BCUT2D eigenvalue weighted by atomic mass is 10.0. The highest BCUT2D eigenvalue weighted by atomic mass is 16.4. The summed E-state index contributed by atoms with van der Waals surface area (Å²) >= 11 is 0.